The lowest BCUT2D eigenvalue weighted by atomic mass is 10.4. The van der Waals surface area contributed by atoms with Gasteiger partial charge >= 0.3 is 0 Å². The molecule has 0 aliphatic rings. The largest absolute Gasteiger partial charge is 0.353 e. The lowest BCUT2D eigenvalue weighted by Gasteiger charge is -2.04. The zero-order chi connectivity index (χ0) is 10.6. The Bertz CT molecular complexity index is 321. The molecule has 14 heavy (non-hydrogen) atoms. The van der Waals surface area contributed by atoms with Gasteiger partial charge in [-0.1, -0.05) is 0 Å². The normalized spacial score (nSPS) is 12.5. The first-order valence-electron chi connectivity index (χ1n) is 4.44. The molecule has 0 fully saturated rings. The van der Waals surface area contributed by atoms with Crippen LogP contribution in [0.2, 0.25) is 0 Å². The smallest absolute Gasteiger partial charge is 0.223 e. The van der Waals surface area contributed by atoms with Gasteiger partial charge in [-0.05, 0) is 19.9 Å². The lowest BCUT2D eigenvalue weighted by Crippen LogP contribution is -2.12. The summed E-state index contributed by atoms with van der Waals surface area (Å²) in [6.45, 7) is 4.50. The van der Waals surface area contributed by atoms with Gasteiger partial charge in [0.05, 0.1) is 0 Å². The fourth-order valence-corrected chi connectivity index (χ4v) is 1.50. The summed E-state index contributed by atoms with van der Waals surface area (Å²) in [5, 5.41) is 3.04. The van der Waals surface area contributed by atoms with E-state index in [1.165, 1.54) is 0 Å². The van der Waals surface area contributed by atoms with E-state index >= 15 is 0 Å². The van der Waals surface area contributed by atoms with Gasteiger partial charge in [-0.2, -0.15) is 0 Å². The van der Waals surface area contributed by atoms with Crippen molar-refractivity contribution in [3.8, 4) is 0 Å². The van der Waals surface area contributed by atoms with E-state index in [2.05, 4.69) is 15.3 Å². The number of anilines is 1. The van der Waals surface area contributed by atoms with E-state index in [0.29, 0.717) is 18.2 Å². The summed E-state index contributed by atoms with van der Waals surface area (Å²) >= 11 is 0. The van der Waals surface area contributed by atoms with Gasteiger partial charge in [0, 0.05) is 40.7 Å². The Morgan fingerprint density at radius 2 is 1.93 bits per heavy atom. The van der Waals surface area contributed by atoms with Crippen LogP contribution in [0.4, 0.5) is 5.95 Å². The predicted molar refractivity (Wildman–Crippen MR) is 58.9 cm³/mol. The maximum atomic E-state index is 10.8. The van der Waals surface area contributed by atoms with Crippen molar-refractivity contribution in [3.63, 3.8) is 0 Å². The molecule has 1 aromatic heterocycles. The highest BCUT2D eigenvalue weighted by Gasteiger charge is 1.98. The molecule has 4 nitrogen and oxygen atoms in total. The Morgan fingerprint density at radius 1 is 1.36 bits per heavy atom. The Labute approximate surface area is 86.6 Å². The van der Waals surface area contributed by atoms with Crippen molar-refractivity contribution in [2.45, 2.75) is 13.8 Å². The van der Waals surface area contributed by atoms with Crippen molar-refractivity contribution in [2.75, 3.05) is 23.9 Å². The summed E-state index contributed by atoms with van der Waals surface area (Å²) in [4.78, 5) is 8.42. The Hall–Kier alpha value is -0.970. The molecule has 1 aromatic rings. The van der Waals surface area contributed by atoms with Crippen molar-refractivity contribution in [1.82, 2.24) is 9.97 Å². The summed E-state index contributed by atoms with van der Waals surface area (Å²) in [5.41, 5.74) is 1.88. The molecule has 0 saturated heterocycles. The molecule has 1 unspecified atom stereocenters. The molecule has 0 saturated carbocycles. The van der Waals surface area contributed by atoms with E-state index < -0.39 is 10.8 Å². The second-order valence-electron chi connectivity index (χ2n) is 3.18. The summed E-state index contributed by atoms with van der Waals surface area (Å²) in [7, 11) is -0.768. The number of nitrogens with zero attached hydrogens (tertiary/aromatic N) is 2. The Kier molecular flexibility index (Phi) is 4.00. The fourth-order valence-electron chi connectivity index (χ4n) is 1.11. The molecule has 0 spiro atoms. The van der Waals surface area contributed by atoms with Gasteiger partial charge < -0.3 is 5.32 Å². The molecule has 0 aliphatic carbocycles. The maximum absolute atomic E-state index is 10.8. The van der Waals surface area contributed by atoms with Crippen molar-refractivity contribution in [2.24, 2.45) is 0 Å². The number of hydrogen-bond donors (Lipinski definition) is 1. The maximum Gasteiger partial charge on any atom is 0.223 e. The van der Waals surface area contributed by atoms with Gasteiger partial charge in [-0.25, -0.2) is 9.97 Å². The molecule has 0 aliphatic heterocycles. The highest BCUT2D eigenvalue weighted by atomic mass is 32.2. The molecule has 78 valence electrons. The van der Waals surface area contributed by atoms with Crippen LogP contribution >= 0.6 is 0 Å². The zero-order valence-electron chi connectivity index (χ0n) is 8.70. The molecule has 1 rings (SSSR count). The van der Waals surface area contributed by atoms with Gasteiger partial charge in [0.15, 0.2) is 0 Å². The van der Waals surface area contributed by atoms with Crippen molar-refractivity contribution < 1.29 is 4.21 Å². The SMILES string of the molecule is Cc1cc(C)nc(NCCS(C)=O)n1. The highest BCUT2D eigenvalue weighted by Crippen LogP contribution is 2.02. The summed E-state index contributed by atoms with van der Waals surface area (Å²) in [5.74, 6) is 1.24. The minimum Gasteiger partial charge on any atom is -0.353 e. The topological polar surface area (TPSA) is 54.9 Å². The van der Waals surface area contributed by atoms with Gasteiger partial charge in [0.1, 0.15) is 0 Å². The third kappa shape index (κ3) is 3.83. The molecule has 1 heterocycles. The first-order chi connectivity index (χ1) is 6.58. The Balaban J connectivity index is 2.54. The minimum atomic E-state index is -0.768. The number of aryl methyl sites for hydroxylation is 2. The van der Waals surface area contributed by atoms with E-state index in [4.69, 9.17) is 0 Å². The molecular formula is C9H15N3OS. The average Bonchev–Trinajstić information content (AvgIpc) is 2.01. The third-order valence-corrected chi connectivity index (χ3v) is 2.43. The Morgan fingerprint density at radius 3 is 2.43 bits per heavy atom. The summed E-state index contributed by atoms with van der Waals surface area (Å²) < 4.78 is 10.8. The van der Waals surface area contributed by atoms with E-state index in [0.717, 1.165) is 11.4 Å². The van der Waals surface area contributed by atoms with Gasteiger partial charge in [-0.15, -0.1) is 0 Å². The van der Waals surface area contributed by atoms with Crippen LogP contribution in [0.15, 0.2) is 6.07 Å². The number of aromatic nitrogens is 2. The second kappa shape index (κ2) is 5.05. The zero-order valence-corrected chi connectivity index (χ0v) is 9.52. The van der Waals surface area contributed by atoms with E-state index in [1.807, 2.05) is 19.9 Å². The van der Waals surface area contributed by atoms with Crippen molar-refractivity contribution >= 4 is 16.7 Å². The van der Waals surface area contributed by atoms with Crippen LogP contribution in [0.3, 0.4) is 0 Å². The van der Waals surface area contributed by atoms with Crippen LogP contribution in [-0.2, 0) is 10.8 Å². The first kappa shape index (κ1) is 11.1. The molecular weight excluding hydrogens is 198 g/mol. The molecule has 1 atom stereocenters. The summed E-state index contributed by atoms with van der Waals surface area (Å²) in [6, 6.07) is 1.92. The lowest BCUT2D eigenvalue weighted by molar-refractivity contribution is 0.687. The second-order valence-corrected chi connectivity index (χ2v) is 4.73. The van der Waals surface area contributed by atoms with E-state index in [-0.39, 0.29) is 0 Å². The van der Waals surface area contributed by atoms with Crippen molar-refractivity contribution in [3.05, 3.63) is 17.5 Å². The highest BCUT2D eigenvalue weighted by molar-refractivity contribution is 7.84. The van der Waals surface area contributed by atoms with Crippen molar-refractivity contribution in [1.29, 1.82) is 0 Å². The standard InChI is InChI=1S/C9H15N3OS/c1-7-6-8(2)12-9(11-7)10-4-5-14(3)13/h6H,4-5H2,1-3H3,(H,10,11,12). The van der Waals surface area contributed by atoms with Gasteiger partial charge in [-0.3, -0.25) is 4.21 Å². The molecule has 0 amide bonds. The van der Waals surface area contributed by atoms with Crippen LogP contribution < -0.4 is 5.32 Å². The molecule has 0 radical (unpaired) electrons. The monoisotopic (exact) mass is 213 g/mol. The summed E-state index contributed by atoms with van der Waals surface area (Å²) in [6.07, 6.45) is 1.68. The number of nitrogens with one attached hydrogen (secondary N) is 1. The molecule has 0 bridgehead atoms. The van der Waals surface area contributed by atoms with Crippen LogP contribution in [0, 0.1) is 13.8 Å². The number of hydrogen-bond acceptors (Lipinski definition) is 4. The molecule has 0 aromatic carbocycles. The average molecular weight is 213 g/mol. The quantitative estimate of drug-likeness (QED) is 0.807. The molecule has 1 N–H and O–H groups in total. The fraction of sp³-hybridized carbons (Fsp3) is 0.556. The van der Waals surface area contributed by atoms with Gasteiger partial charge in [0.25, 0.3) is 0 Å². The van der Waals surface area contributed by atoms with E-state index in [1.54, 1.807) is 6.26 Å². The number of rotatable bonds is 4. The van der Waals surface area contributed by atoms with E-state index in [9.17, 15) is 4.21 Å². The van der Waals surface area contributed by atoms with Gasteiger partial charge in [0.2, 0.25) is 5.95 Å². The minimum absolute atomic E-state index is 0.618. The third-order valence-electron chi connectivity index (χ3n) is 1.65. The van der Waals surface area contributed by atoms with Crippen LogP contribution in [0.25, 0.3) is 0 Å². The molecule has 5 heteroatoms. The van der Waals surface area contributed by atoms with Crippen LogP contribution in [0.1, 0.15) is 11.4 Å². The van der Waals surface area contributed by atoms with Crippen LogP contribution in [-0.4, -0.2) is 32.7 Å². The predicted octanol–water partition coefficient (Wildman–Crippen LogP) is 0.884. The van der Waals surface area contributed by atoms with Crippen LogP contribution in [0.5, 0.6) is 0 Å². The first-order valence-corrected chi connectivity index (χ1v) is 6.17.